The Labute approximate surface area is 185 Å². The van der Waals surface area contributed by atoms with E-state index in [-0.39, 0.29) is 11.9 Å². The number of piperidine rings is 1. The molecule has 1 aromatic rings. The van der Waals surface area contributed by atoms with E-state index in [2.05, 4.69) is 24.3 Å². The molecule has 2 unspecified atom stereocenters. The molecule has 4 aliphatic carbocycles. The van der Waals surface area contributed by atoms with Gasteiger partial charge in [-0.05, 0) is 88.0 Å². The standard InChI is InChI=1S/C26H35NO4/c1-18(23(28)27-9-7-20(8-10-27)11-19-5-3-2-4-6-19)31-24(29)25-13-21-12-22(14-25)16-26(30,15-21)17-25/h2-6,18,20-22,30H,7-17H2,1H3/t18-,21-,22+,25?,26?/m0/s1. The summed E-state index contributed by atoms with van der Waals surface area (Å²) in [5.74, 6) is 1.12. The fraction of sp³-hybridized carbons (Fsp3) is 0.692. The third-order valence-electron chi connectivity index (χ3n) is 8.39. The molecule has 0 radical (unpaired) electrons. The van der Waals surface area contributed by atoms with Crippen LogP contribution in [0.15, 0.2) is 30.3 Å². The van der Waals surface area contributed by atoms with Crippen LogP contribution < -0.4 is 0 Å². The molecule has 0 spiro atoms. The van der Waals surface area contributed by atoms with Crippen LogP contribution in [0.1, 0.15) is 63.9 Å². The van der Waals surface area contributed by atoms with Crippen LogP contribution in [0.5, 0.6) is 0 Å². The minimum Gasteiger partial charge on any atom is -0.452 e. The van der Waals surface area contributed by atoms with Crippen LogP contribution in [0.2, 0.25) is 0 Å². The summed E-state index contributed by atoms with van der Waals surface area (Å²) < 4.78 is 5.78. The maximum Gasteiger partial charge on any atom is 0.312 e. The predicted molar refractivity (Wildman–Crippen MR) is 117 cm³/mol. The van der Waals surface area contributed by atoms with Crippen LogP contribution in [-0.4, -0.2) is 46.7 Å². The van der Waals surface area contributed by atoms with Crippen molar-refractivity contribution >= 4 is 11.9 Å². The molecule has 6 rings (SSSR count). The van der Waals surface area contributed by atoms with Crippen LogP contribution in [0.3, 0.4) is 0 Å². The number of amides is 1. The molecule has 1 aromatic carbocycles. The first-order valence-corrected chi connectivity index (χ1v) is 12.1. The van der Waals surface area contributed by atoms with Crippen molar-refractivity contribution in [1.29, 1.82) is 0 Å². The molecule has 1 N–H and O–H groups in total. The third kappa shape index (κ3) is 4.13. The average molecular weight is 426 g/mol. The maximum absolute atomic E-state index is 13.2. The summed E-state index contributed by atoms with van der Waals surface area (Å²) in [4.78, 5) is 28.0. The summed E-state index contributed by atoms with van der Waals surface area (Å²) in [5, 5.41) is 10.9. The SMILES string of the molecule is C[C@H](OC(=O)C12C[C@@H]3C[C@@H](CC(O)(C3)C1)C2)C(=O)N1CCC(Cc2ccccc2)CC1. The number of hydrogen-bond donors (Lipinski definition) is 1. The zero-order valence-electron chi connectivity index (χ0n) is 18.6. The number of rotatable bonds is 5. The van der Waals surface area contributed by atoms with Gasteiger partial charge in [-0.1, -0.05) is 30.3 Å². The van der Waals surface area contributed by atoms with Gasteiger partial charge in [0.1, 0.15) is 0 Å². The minimum atomic E-state index is -0.749. The Hall–Kier alpha value is -1.88. The van der Waals surface area contributed by atoms with Crippen molar-refractivity contribution in [3.63, 3.8) is 0 Å². The van der Waals surface area contributed by atoms with Gasteiger partial charge in [0.05, 0.1) is 11.0 Å². The molecule has 5 aliphatic rings. The fourth-order valence-electron chi connectivity index (χ4n) is 7.35. The largest absolute Gasteiger partial charge is 0.452 e. The van der Waals surface area contributed by atoms with E-state index < -0.39 is 17.1 Å². The molecule has 31 heavy (non-hydrogen) atoms. The maximum atomic E-state index is 13.2. The zero-order valence-corrected chi connectivity index (χ0v) is 18.6. The summed E-state index contributed by atoms with van der Waals surface area (Å²) in [5.41, 5.74) is 0.0827. The van der Waals surface area contributed by atoms with E-state index in [0.29, 0.717) is 24.2 Å². The lowest BCUT2D eigenvalue weighted by Crippen LogP contribution is -2.59. The van der Waals surface area contributed by atoms with E-state index in [0.717, 1.165) is 64.5 Å². The Balaban J connectivity index is 1.15. The molecule has 1 saturated heterocycles. The average Bonchev–Trinajstić information content (AvgIpc) is 2.72. The molecular weight excluding hydrogens is 390 g/mol. The van der Waals surface area contributed by atoms with Gasteiger partial charge in [0.25, 0.3) is 5.91 Å². The molecular formula is C26H35NO4. The van der Waals surface area contributed by atoms with Gasteiger partial charge in [-0.15, -0.1) is 0 Å². The van der Waals surface area contributed by atoms with Crippen LogP contribution in [0.4, 0.5) is 0 Å². The number of likely N-dealkylation sites (tertiary alicyclic amines) is 1. The molecule has 1 heterocycles. The Morgan fingerprint density at radius 3 is 2.35 bits per heavy atom. The number of nitrogens with zero attached hydrogens (tertiary/aromatic N) is 1. The predicted octanol–water partition coefficient (Wildman–Crippen LogP) is 3.73. The highest BCUT2D eigenvalue weighted by Gasteiger charge is 2.61. The minimum absolute atomic E-state index is 0.0741. The number of ether oxygens (including phenoxy) is 1. The number of aliphatic hydroxyl groups is 1. The fourth-order valence-corrected chi connectivity index (χ4v) is 7.35. The number of hydrogen-bond acceptors (Lipinski definition) is 4. The first-order chi connectivity index (χ1) is 14.8. The highest BCUT2D eigenvalue weighted by molar-refractivity contribution is 5.85. The van der Waals surface area contributed by atoms with Crippen LogP contribution in [-0.2, 0) is 20.7 Å². The van der Waals surface area contributed by atoms with Crippen LogP contribution >= 0.6 is 0 Å². The Bertz CT molecular complexity index is 815. The number of benzene rings is 1. The second-order valence-corrected chi connectivity index (χ2v) is 11.0. The molecule has 1 amide bonds. The van der Waals surface area contributed by atoms with Gasteiger partial charge in [-0.25, -0.2) is 0 Å². The van der Waals surface area contributed by atoms with E-state index in [1.807, 2.05) is 11.0 Å². The van der Waals surface area contributed by atoms with Gasteiger partial charge in [0, 0.05) is 13.1 Å². The van der Waals surface area contributed by atoms with Crippen LogP contribution in [0.25, 0.3) is 0 Å². The van der Waals surface area contributed by atoms with Gasteiger partial charge in [0.2, 0.25) is 0 Å². The molecule has 5 heteroatoms. The Morgan fingerprint density at radius 2 is 1.74 bits per heavy atom. The molecule has 5 nitrogen and oxygen atoms in total. The normalized spacial score (nSPS) is 35.7. The van der Waals surface area contributed by atoms with Gasteiger partial charge in [0.15, 0.2) is 6.10 Å². The lowest BCUT2D eigenvalue weighted by molar-refractivity contribution is -0.200. The first kappa shape index (κ1) is 21.0. The molecule has 1 aliphatic heterocycles. The van der Waals surface area contributed by atoms with Crippen LogP contribution in [0, 0.1) is 23.2 Å². The van der Waals surface area contributed by atoms with Crippen molar-refractivity contribution in [2.75, 3.05) is 13.1 Å². The third-order valence-corrected chi connectivity index (χ3v) is 8.39. The van der Waals surface area contributed by atoms with E-state index in [1.165, 1.54) is 5.56 Å². The van der Waals surface area contributed by atoms with Crippen molar-refractivity contribution in [2.45, 2.75) is 76.4 Å². The molecule has 0 aromatic heterocycles. The van der Waals surface area contributed by atoms with E-state index in [1.54, 1.807) is 6.92 Å². The van der Waals surface area contributed by atoms with E-state index in [9.17, 15) is 14.7 Å². The van der Waals surface area contributed by atoms with E-state index in [4.69, 9.17) is 4.74 Å². The lowest BCUT2D eigenvalue weighted by atomic mass is 9.48. The Morgan fingerprint density at radius 1 is 1.10 bits per heavy atom. The number of esters is 1. The second-order valence-electron chi connectivity index (χ2n) is 11.0. The first-order valence-electron chi connectivity index (χ1n) is 12.1. The van der Waals surface area contributed by atoms with Gasteiger partial charge in [-0.2, -0.15) is 0 Å². The summed E-state index contributed by atoms with van der Waals surface area (Å²) in [6.07, 6.45) is 7.20. The van der Waals surface area contributed by atoms with Gasteiger partial charge in [-0.3, -0.25) is 9.59 Å². The van der Waals surface area contributed by atoms with Crippen molar-refractivity contribution in [3.05, 3.63) is 35.9 Å². The summed E-state index contributed by atoms with van der Waals surface area (Å²) in [7, 11) is 0. The number of carbonyl (C=O) groups excluding carboxylic acids is 2. The second kappa shape index (κ2) is 7.91. The zero-order chi connectivity index (χ0) is 21.6. The van der Waals surface area contributed by atoms with Crippen molar-refractivity contribution in [2.24, 2.45) is 23.2 Å². The summed E-state index contributed by atoms with van der Waals surface area (Å²) in [6.45, 7) is 3.17. The lowest BCUT2D eigenvalue weighted by Gasteiger charge is -2.58. The van der Waals surface area contributed by atoms with Gasteiger partial charge < -0.3 is 14.7 Å². The molecule has 4 saturated carbocycles. The van der Waals surface area contributed by atoms with E-state index >= 15 is 0 Å². The van der Waals surface area contributed by atoms with Gasteiger partial charge >= 0.3 is 5.97 Å². The van der Waals surface area contributed by atoms with Crippen molar-refractivity contribution in [1.82, 2.24) is 4.90 Å². The molecule has 168 valence electrons. The summed E-state index contributed by atoms with van der Waals surface area (Å²) >= 11 is 0. The highest BCUT2D eigenvalue weighted by Crippen LogP contribution is 2.62. The smallest absolute Gasteiger partial charge is 0.312 e. The molecule has 5 fully saturated rings. The number of carbonyl (C=O) groups is 2. The molecule has 5 atom stereocenters. The monoisotopic (exact) mass is 425 g/mol. The molecule has 4 bridgehead atoms. The van der Waals surface area contributed by atoms with Crippen molar-refractivity contribution in [3.8, 4) is 0 Å². The highest BCUT2D eigenvalue weighted by atomic mass is 16.5. The Kier molecular flexibility index (Phi) is 5.36. The topological polar surface area (TPSA) is 66.8 Å². The van der Waals surface area contributed by atoms with Crippen molar-refractivity contribution < 1.29 is 19.4 Å². The quantitative estimate of drug-likeness (QED) is 0.730. The summed E-state index contributed by atoms with van der Waals surface area (Å²) in [6, 6.07) is 10.5.